The molecule has 3 rings (SSSR count). The van der Waals surface area contributed by atoms with Crippen molar-refractivity contribution in [1.29, 1.82) is 0 Å². The minimum atomic E-state index is 0.0653. The predicted molar refractivity (Wildman–Crippen MR) is 83.2 cm³/mol. The van der Waals surface area contributed by atoms with E-state index in [-0.39, 0.29) is 11.7 Å². The molecule has 0 saturated carbocycles. The van der Waals surface area contributed by atoms with Crippen LogP contribution in [0.5, 0.6) is 0 Å². The highest BCUT2D eigenvalue weighted by Crippen LogP contribution is 2.37. The van der Waals surface area contributed by atoms with Crippen LogP contribution in [0, 0.1) is 6.92 Å². The van der Waals surface area contributed by atoms with Gasteiger partial charge in [0.05, 0.1) is 0 Å². The van der Waals surface area contributed by atoms with Crippen LogP contribution in [0.3, 0.4) is 0 Å². The van der Waals surface area contributed by atoms with Crippen molar-refractivity contribution in [1.82, 2.24) is 0 Å². The summed E-state index contributed by atoms with van der Waals surface area (Å²) in [5.74, 6) is 0.338. The first-order chi connectivity index (χ1) is 9.16. The van der Waals surface area contributed by atoms with E-state index in [0.29, 0.717) is 0 Å². The molecule has 0 saturated heterocycles. The lowest BCUT2D eigenvalue weighted by atomic mass is 9.82. The fourth-order valence-corrected chi connectivity index (χ4v) is 3.99. The third-order valence-electron chi connectivity index (χ3n) is 3.81. The van der Waals surface area contributed by atoms with E-state index in [1.165, 1.54) is 10.4 Å². The van der Waals surface area contributed by atoms with Crippen molar-refractivity contribution < 1.29 is 4.79 Å². The van der Waals surface area contributed by atoms with Crippen molar-refractivity contribution in [2.45, 2.75) is 32.1 Å². The zero-order chi connectivity index (χ0) is 13.4. The van der Waals surface area contributed by atoms with Crippen molar-refractivity contribution >= 4 is 33.0 Å². The smallest absolute Gasteiger partial charge is 0.170 e. The maximum atomic E-state index is 12.7. The second-order valence-electron chi connectivity index (χ2n) is 5.07. The number of hydrogen-bond acceptors (Lipinski definition) is 2. The number of rotatable bonds is 2. The molecule has 0 spiro atoms. The van der Waals surface area contributed by atoms with E-state index in [9.17, 15) is 4.79 Å². The van der Waals surface area contributed by atoms with Gasteiger partial charge in [-0.15, -0.1) is 11.3 Å². The molecule has 2 aromatic rings. The zero-order valence-electron chi connectivity index (χ0n) is 10.8. The van der Waals surface area contributed by atoms with Crippen LogP contribution in [0.4, 0.5) is 0 Å². The van der Waals surface area contributed by atoms with E-state index in [0.717, 1.165) is 34.9 Å². The number of halogens is 1. The Morgan fingerprint density at radius 3 is 3.00 bits per heavy atom. The van der Waals surface area contributed by atoms with Gasteiger partial charge in [-0.1, -0.05) is 22.0 Å². The third kappa shape index (κ3) is 2.41. The average molecular weight is 335 g/mol. The summed E-state index contributed by atoms with van der Waals surface area (Å²) in [7, 11) is 0. The average Bonchev–Trinajstić information content (AvgIpc) is 2.89. The minimum absolute atomic E-state index is 0.0653. The van der Waals surface area contributed by atoms with Crippen LogP contribution in [0.15, 0.2) is 34.1 Å². The molecule has 1 nitrogen and oxygen atoms in total. The molecule has 3 heteroatoms. The highest BCUT2D eigenvalue weighted by molar-refractivity contribution is 9.10. The van der Waals surface area contributed by atoms with Gasteiger partial charge in [0.15, 0.2) is 5.78 Å². The van der Waals surface area contributed by atoms with Crippen molar-refractivity contribution in [2.24, 2.45) is 0 Å². The van der Waals surface area contributed by atoms with Crippen LogP contribution in [0.25, 0.3) is 0 Å². The van der Waals surface area contributed by atoms with Gasteiger partial charge in [-0.3, -0.25) is 4.79 Å². The lowest BCUT2D eigenvalue weighted by Crippen LogP contribution is -2.17. The van der Waals surface area contributed by atoms with Gasteiger partial charge in [0, 0.05) is 20.8 Å². The Morgan fingerprint density at radius 2 is 2.21 bits per heavy atom. The number of carbonyl (C=O) groups is 1. The summed E-state index contributed by atoms with van der Waals surface area (Å²) >= 11 is 5.27. The molecule has 0 bridgehead atoms. The Balaban J connectivity index is 1.95. The summed E-state index contributed by atoms with van der Waals surface area (Å²) in [5, 5.41) is 2.11. The summed E-state index contributed by atoms with van der Waals surface area (Å²) in [6, 6.07) is 8.03. The highest BCUT2D eigenvalue weighted by atomic mass is 79.9. The van der Waals surface area contributed by atoms with E-state index in [4.69, 9.17) is 0 Å². The first-order valence-corrected chi connectivity index (χ1v) is 8.20. The number of benzene rings is 1. The number of carbonyl (C=O) groups excluding carboxylic acids is 1. The Hall–Kier alpha value is -0.930. The van der Waals surface area contributed by atoms with E-state index in [1.807, 2.05) is 25.1 Å². The molecule has 98 valence electrons. The Morgan fingerprint density at radius 1 is 1.37 bits per heavy atom. The summed E-state index contributed by atoms with van der Waals surface area (Å²) in [5.41, 5.74) is 3.22. The second-order valence-corrected chi connectivity index (χ2v) is 6.93. The van der Waals surface area contributed by atoms with E-state index < -0.39 is 0 Å². The molecule has 1 heterocycles. The summed E-state index contributed by atoms with van der Waals surface area (Å²) in [6.07, 6.45) is 3.24. The largest absolute Gasteiger partial charge is 0.293 e. The van der Waals surface area contributed by atoms with E-state index >= 15 is 0 Å². The molecule has 1 aromatic carbocycles. The Labute approximate surface area is 125 Å². The fourth-order valence-electron chi connectivity index (χ4n) is 2.76. The maximum absolute atomic E-state index is 12.7. The van der Waals surface area contributed by atoms with Crippen LogP contribution >= 0.6 is 27.3 Å². The van der Waals surface area contributed by atoms with Crippen LogP contribution in [-0.4, -0.2) is 5.78 Å². The number of fused-ring (bicyclic) bond motifs is 1. The van der Waals surface area contributed by atoms with Crippen LogP contribution in [0.2, 0.25) is 0 Å². The molecule has 0 radical (unpaired) electrons. The quantitative estimate of drug-likeness (QED) is 0.696. The van der Waals surface area contributed by atoms with Crippen LogP contribution in [0.1, 0.15) is 45.1 Å². The number of aryl methyl sites for hydroxylation is 2. The van der Waals surface area contributed by atoms with Crippen molar-refractivity contribution in [3.63, 3.8) is 0 Å². The van der Waals surface area contributed by atoms with Gasteiger partial charge in [-0.2, -0.15) is 0 Å². The number of Topliss-reactive ketones (excluding diaryl/α,β-unsaturated/α-hetero) is 1. The van der Waals surface area contributed by atoms with Gasteiger partial charge < -0.3 is 0 Å². The van der Waals surface area contributed by atoms with Gasteiger partial charge in [0.1, 0.15) is 0 Å². The monoisotopic (exact) mass is 334 g/mol. The van der Waals surface area contributed by atoms with Crippen molar-refractivity contribution in [3.8, 4) is 0 Å². The molecule has 1 aromatic heterocycles. The van der Waals surface area contributed by atoms with Gasteiger partial charge in [0.25, 0.3) is 0 Å². The topological polar surface area (TPSA) is 17.1 Å². The molecule has 1 aliphatic carbocycles. The van der Waals surface area contributed by atoms with Crippen LogP contribution in [-0.2, 0) is 6.42 Å². The van der Waals surface area contributed by atoms with Crippen molar-refractivity contribution in [3.05, 3.63) is 55.7 Å². The summed E-state index contributed by atoms with van der Waals surface area (Å²) in [6.45, 7) is 2.03. The van der Waals surface area contributed by atoms with Gasteiger partial charge in [-0.05, 0) is 60.9 Å². The number of hydrogen-bond donors (Lipinski definition) is 0. The van der Waals surface area contributed by atoms with Crippen molar-refractivity contribution in [2.75, 3.05) is 0 Å². The highest BCUT2D eigenvalue weighted by Gasteiger charge is 2.28. The molecule has 1 unspecified atom stereocenters. The lowest BCUT2D eigenvalue weighted by molar-refractivity contribution is 0.0951. The zero-order valence-corrected chi connectivity index (χ0v) is 13.2. The second kappa shape index (κ2) is 5.22. The molecule has 0 aliphatic heterocycles. The molecule has 0 amide bonds. The van der Waals surface area contributed by atoms with E-state index in [1.54, 1.807) is 11.3 Å². The maximum Gasteiger partial charge on any atom is 0.170 e. The molecular weight excluding hydrogens is 320 g/mol. The van der Waals surface area contributed by atoms with Gasteiger partial charge in [-0.25, -0.2) is 0 Å². The first-order valence-electron chi connectivity index (χ1n) is 6.53. The standard InChI is InChI=1S/C16H15BrOS/c1-10-9-11(5-6-14(10)17)16(18)13-3-2-4-15-12(13)7-8-19-15/h5-9,13H,2-4H2,1H3. The minimum Gasteiger partial charge on any atom is -0.293 e. The molecule has 19 heavy (non-hydrogen) atoms. The molecular formula is C16H15BrOS. The fraction of sp³-hybridized carbons (Fsp3) is 0.312. The lowest BCUT2D eigenvalue weighted by Gasteiger charge is -2.21. The Kier molecular flexibility index (Phi) is 3.59. The molecule has 1 aliphatic rings. The number of ketones is 1. The van der Waals surface area contributed by atoms with Gasteiger partial charge >= 0.3 is 0 Å². The SMILES string of the molecule is Cc1cc(C(=O)C2CCCc3sccc32)ccc1Br. The molecule has 1 atom stereocenters. The Bertz CT molecular complexity index is 629. The first kappa shape index (κ1) is 13.1. The van der Waals surface area contributed by atoms with Gasteiger partial charge in [0.2, 0.25) is 0 Å². The normalized spacial score (nSPS) is 18.1. The van der Waals surface area contributed by atoms with E-state index in [2.05, 4.69) is 27.4 Å². The number of thiophene rings is 1. The molecule has 0 N–H and O–H groups in total. The third-order valence-corrected chi connectivity index (χ3v) is 5.70. The summed E-state index contributed by atoms with van der Waals surface area (Å²) in [4.78, 5) is 14.1. The molecule has 0 fully saturated rings. The predicted octanol–water partition coefficient (Wildman–Crippen LogP) is 5.12. The summed E-state index contributed by atoms with van der Waals surface area (Å²) < 4.78 is 1.06. The van der Waals surface area contributed by atoms with Crippen LogP contribution < -0.4 is 0 Å².